The van der Waals surface area contributed by atoms with Crippen LogP contribution in [-0.2, 0) is 19.1 Å². The van der Waals surface area contributed by atoms with Gasteiger partial charge in [-0.05, 0) is 45.4 Å². The van der Waals surface area contributed by atoms with Crippen molar-refractivity contribution in [1.82, 2.24) is 15.5 Å². The van der Waals surface area contributed by atoms with Gasteiger partial charge < -0.3 is 40.0 Å². The third-order valence-electron chi connectivity index (χ3n) is 7.84. The van der Waals surface area contributed by atoms with E-state index in [1.807, 2.05) is 19.9 Å². The highest BCUT2D eigenvalue weighted by atomic mass is 16.6. The van der Waals surface area contributed by atoms with Gasteiger partial charge in [-0.15, -0.1) is 0 Å². The molecule has 1 amide bonds. The molecule has 3 rings (SSSR count). The van der Waals surface area contributed by atoms with Gasteiger partial charge in [-0.2, -0.15) is 0 Å². The number of nitrogens with zero attached hydrogens (tertiary/aromatic N) is 2. The Morgan fingerprint density at radius 1 is 1.10 bits per heavy atom. The van der Waals surface area contributed by atoms with Crippen LogP contribution in [0, 0.1) is 16.0 Å². The molecule has 1 aliphatic heterocycles. The van der Waals surface area contributed by atoms with Crippen LogP contribution < -0.4 is 20.1 Å². The number of aliphatic hydroxyl groups excluding tert-OH is 1. The molecule has 1 aliphatic rings. The number of carboxylic acids is 1. The summed E-state index contributed by atoms with van der Waals surface area (Å²) in [6.07, 6.45) is -0.908. The SMILES string of the molecule is CCOC(=O)C1=C(CN(CC(C)(C)NCC(O)COc2ccccc2OC)C(=O)C(C)C)NC(C)=C(C(=O)O)C1c1cccc([N+](=O)[O-])c1. The summed E-state index contributed by atoms with van der Waals surface area (Å²) in [5.74, 6) is -3.03. The molecule has 0 radical (unpaired) electrons. The zero-order valence-corrected chi connectivity index (χ0v) is 28.9. The number of hydrogen-bond acceptors (Lipinski definition) is 11. The lowest BCUT2D eigenvalue weighted by atomic mass is 9.80. The van der Waals surface area contributed by atoms with Crippen molar-refractivity contribution in [1.29, 1.82) is 0 Å². The molecule has 49 heavy (non-hydrogen) atoms. The molecule has 0 bridgehead atoms. The van der Waals surface area contributed by atoms with Crippen LogP contribution >= 0.6 is 0 Å². The number of aliphatic hydroxyl groups is 1. The monoisotopic (exact) mass is 682 g/mol. The van der Waals surface area contributed by atoms with Crippen molar-refractivity contribution in [2.24, 2.45) is 5.92 Å². The van der Waals surface area contributed by atoms with E-state index in [-0.39, 0.29) is 72.5 Å². The number of carbonyl (C=O) groups is 3. The maximum atomic E-state index is 13.6. The van der Waals surface area contributed by atoms with Crippen molar-refractivity contribution in [3.8, 4) is 11.5 Å². The summed E-state index contributed by atoms with van der Waals surface area (Å²) < 4.78 is 16.4. The van der Waals surface area contributed by atoms with E-state index < -0.39 is 40.3 Å². The van der Waals surface area contributed by atoms with Crippen LogP contribution in [0.4, 0.5) is 5.69 Å². The number of methoxy groups -OCH3 is 1. The Kier molecular flexibility index (Phi) is 13.3. The van der Waals surface area contributed by atoms with Gasteiger partial charge in [0.15, 0.2) is 11.5 Å². The number of amides is 1. The second-order valence-corrected chi connectivity index (χ2v) is 12.6. The molecule has 14 nitrogen and oxygen atoms in total. The van der Waals surface area contributed by atoms with Gasteiger partial charge in [-0.3, -0.25) is 14.9 Å². The molecule has 0 saturated carbocycles. The number of esters is 1. The Balaban J connectivity index is 1.95. The molecular formula is C35H46N4O10. The molecule has 0 spiro atoms. The van der Waals surface area contributed by atoms with E-state index in [2.05, 4.69) is 10.6 Å². The van der Waals surface area contributed by atoms with Crippen molar-refractivity contribution in [2.75, 3.05) is 40.0 Å². The number of aliphatic carboxylic acids is 1. The van der Waals surface area contributed by atoms with Crippen molar-refractivity contribution < 1.29 is 43.7 Å². The van der Waals surface area contributed by atoms with E-state index in [4.69, 9.17) is 14.2 Å². The standard InChI is InChI=1S/C35H46N4O10/c1-8-48-34(44)31-26(37-22(4)29(33(42)43)30(31)23-12-11-13-24(16-23)39(45)46)18-38(32(41)21(2)3)20-35(5,6)36-17-25(40)19-49-28-15-10-9-14-27(28)47-7/h9-16,21,25,30,36-37,40H,8,17-20H2,1-7H3,(H,42,43). The first-order valence-corrected chi connectivity index (χ1v) is 15.9. The van der Waals surface area contributed by atoms with Gasteiger partial charge in [0, 0.05) is 48.1 Å². The fraction of sp³-hybridized carbons (Fsp3) is 0.457. The summed E-state index contributed by atoms with van der Waals surface area (Å²) in [4.78, 5) is 52.4. The predicted molar refractivity (Wildman–Crippen MR) is 181 cm³/mol. The number of β-amino-alcohol motifs (C(OH)–C–C–N with tert-alkyl or cyclic N) is 1. The number of carboxylic acid groups (broad SMARTS) is 1. The van der Waals surface area contributed by atoms with Gasteiger partial charge in [-0.25, -0.2) is 9.59 Å². The smallest absolute Gasteiger partial charge is 0.336 e. The number of nitrogens with one attached hydrogen (secondary N) is 2. The van der Waals surface area contributed by atoms with Crippen LogP contribution in [0.1, 0.15) is 53.0 Å². The third kappa shape index (κ3) is 10.0. The van der Waals surface area contributed by atoms with Gasteiger partial charge >= 0.3 is 11.9 Å². The largest absolute Gasteiger partial charge is 0.493 e. The van der Waals surface area contributed by atoms with Crippen molar-refractivity contribution in [2.45, 2.75) is 59.1 Å². The molecule has 2 aromatic carbocycles. The fourth-order valence-corrected chi connectivity index (χ4v) is 5.58. The quantitative estimate of drug-likeness (QED) is 0.108. The third-order valence-corrected chi connectivity index (χ3v) is 7.84. The highest BCUT2D eigenvalue weighted by Crippen LogP contribution is 2.40. The van der Waals surface area contributed by atoms with E-state index in [1.54, 1.807) is 43.9 Å². The lowest BCUT2D eigenvalue weighted by Gasteiger charge is -2.38. The Morgan fingerprint density at radius 3 is 2.37 bits per heavy atom. The summed E-state index contributed by atoms with van der Waals surface area (Å²) in [6, 6.07) is 12.5. The van der Waals surface area contributed by atoms with Crippen molar-refractivity contribution >= 4 is 23.5 Å². The summed E-state index contributed by atoms with van der Waals surface area (Å²) >= 11 is 0. The van der Waals surface area contributed by atoms with Crippen LogP contribution in [-0.4, -0.2) is 89.5 Å². The van der Waals surface area contributed by atoms with E-state index in [9.17, 15) is 34.7 Å². The van der Waals surface area contributed by atoms with E-state index >= 15 is 0 Å². The zero-order valence-electron chi connectivity index (χ0n) is 28.9. The molecule has 4 N–H and O–H groups in total. The topological polar surface area (TPSA) is 190 Å². The van der Waals surface area contributed by atoms with Gasteiger partial charge in [0.1, 0.15) is 12.7 Å². The first-order chi connectivity index (χ1) is 23.1. The minimum Gasteiger partial charge on any atom is -0.493 e. The number of rotatable bonds is 17. The van der Waals surface area contributed by atoms with Gasteiger partial charge in [0.25, 0.3) is 5.69 Å². The first kappa shape index (κ1) is 38.5. The maximum Gasteiger partial charge on any atom is 0.336 e. The van der Waals surface area contributed by atoms with Crippen LogP contribution in [0.2, 0.25) is 0 Å². The number of hydrogen-bond donors (Lipinski definition) is 4. The number of allylic oxidation sites excluding steroid dienone is 1. The van der Waals surface area contributed by atoms with E-state index in [0.29, 0.717) is 11.5 Å². The lowest BCUT2D eigenvalue weighted by Crippen LogP contribution is -2.54. The second kappa shape index (κ2) is 16.9. The minimum atomic E-state index is -1.32. The number of para-hydroxylation sites is 2. The molecule has 2 aromatic rings. The fourth-order valence-electron chi connectivity index (χ4n) is 5.58. The molecule has 0 aliphatic carbocycles. The highest BCUT2D eigenvalue weighted by Gasteiger charge is 2.40. The van der Waals surface area contributed by atoms with Crippen molar-refractivity contribution in [3.63, 3.8) is 0 Å². The number of nitro benzene ring substituents is 1. The molecule has 2 unspecified atom stereocenters. The zero-order chi connectivity index (χ0) is 36.5. The summed E-state index contributed by atoms with van der Waals surface area (Å²) in [6.45, 7) is 10.4. The first-order valence-electron chi connectivity index (χ1n) is 15.9. The minimum absolute atomic E-state index is 0.0168. The van der Waals surface area contributed by atoms with E-state index in [1.165, 1.54) is 38.3 Å². The van der Waals surface area contributed by atoms with Gasteiger partial charge in [0.2, 0.25) is 5.91 Å². The molecule has 1 heterocycles. The summed E-state index contributed by atoms with van der Waals surface area (Å²) in [5.41, 5.74) is -0.635. The highest BCUT2D eigenvalue weighted by molar-refractivity contribution is 5.99. The Labute approximate surface area is 285 Å². The summed E-state index contributed by atoms with van der Waals surface area (Å²) in [5, 5.41) is 38.9. The van der Waals surface area contributed by atoms with Gasteiger partial charge in [0.05, 0.1) is 42.2 Å². The molecule has 0 fully saturated rings. The molecular weight excluding hydrogens is 636 g/mol. The molecule has 2 atom stereocenters. The average molecular weight is 683 g/mol. The maximum absolute atomic E-state index is 13.6. The van der Waals surface area contributed by atoms with Gasteiger partial charge in [-0.1, -0.05) is 38.1 Å². The normalized spacial score (nSPS) is 15.4. The number of carbonyl (C=O) groups excluding carboxylic acids is 2. The van der Waals surface area contributed by atoms with Crippen LogP contribution in [0.3, 0.4) is 0 Å². The van der Waals surface area contributed by atoms with Crippen LogP contribution in [0.25, 0.3) is 0 Å². The number of nitro groups is 1. The van der Waals surface area contributed by atoms with Crippen LogP contribution in [0.5, 0.6) is 11.5 Å². The average Bonchev–Trinajstić information content (AvgIpc) is 3.05. The van der Waals surface area contributed by atoms with E-state index in [0.717, 1.165) is 0 Å². The number of benzene rings is 2. The number of non-ortho nitro benzene ring substituents is 1. The number of ether oxygens (including phenoxy) is 3. The Bertz CT molecular complexity index is 1600. The van der Waals surface area contributed by atoms with Crippen molar-refractivity contribution in [3.05, 3.63) is 86.7 Å². The lowest BCUT2D eigenvalue weighted by molar-refractivity contribution is -0.384. The predicted octanol–water partition coefficient (Wildman–Crippen LogP) is 3.76. The molecule has 0 aromatic heterocycles. The second-order valence-electron chi connectivity index (χ2n) is 12.6. The Hall–Kier alpha value is -4.95. The molecule has 266 valence electrons. The molecule has 14 heteroatoms. The number of dihydropyridines is 1. The van der Waals surface area contributed by atoms with Crippen LogP contribution in [0.15, 0.2) is 71.1 Å². The molecule has 0 saturated heterocycles. The summed E-state index contributed by atoms with van der Waals surface area (Å²) in [7, 11) is 1.53. The Morgan fingerprint density at radius 2 is 1.78 bits per heavy atom.